The van der Waals surface area contributed by atoms with E-state index < -0.39 is 0 Å². The van der Waals surface area contributed by atoms with Crippen molar-refractivity contribution < 1.29 is 9.53 Å². The van der Waals surface area contributed by atoms with E-state index in [-0.39, 0.29) is 11.2 Å². The fourth-order valence-electron chi connectivity index (χ4n) is 2.78. The number of carbonyl (C=O) groups is 1. The summed E-state index contributed by atoms with van der Waals surface area (Å²) in [6.45, 7) is 2.71. The Morgan fingerprint density at radius 3 is 2.38 bits per heavy atom. The van der Waals surface area contributed by atoms with Gasteiger partial charge in [0.15, 0.2) is 5.78 Å². The Labute approximate surface area is 125 Å². The molecule has 0 radical (unpaired) electrons. The monoisotopic (exact) mass is 280 g/mol. The van der Waals surface area contributed by atoms with Gasteiger partial charge in [0.25, 0.3) is 0 Å². The lowest BCUT2D eigenvalue weighted by molar-refractivity contribution is 0.0942. The van der Waals surface area contributed by atoms with Crippen LogP contribution in [0, 0.1) is 0 Å². The molecule has 0 aromatic heterocycles. The molecule has 1 fully saturated rings. The maximum Gasteiger partial charge on any atom is 0.177 e. The minimum absolute atomic E-state index is 0.195. The van der Waals surface area contributed by atoms with Crippen molar-refractivity contribution in [3.8, 4) is 5.75 Å². The third-order valence-corrected chi connectivity index (χ3v) is 4.10. The molecule has 1 aliphatic rings. The average Bonchev–Trinajstić information content (AvgIpc) is 3.35. The standard InChI is InChI=1S/C19H20O2/c1-2-14-21-17-11-7-6-10-16(17)18(20)19(12-13-19)15-8-4-3-5-9-15/h3-11H,2,12-14H2,1H3. The second kappa shape index (κ2) is 5.72. The number of Topliss-reactive ketones (excluding diaryl/α,β-unsaturated/α-hetero) is 1. The van der Waals surface area contributed by atoms with Crippen LogP contribution in [0.2, 0.25) is 0 Å². The Hall–Kier alpha value is -2.09. The minimum Gasteiger partial charge on any atom is -0.493 e. The molecule has 0 aliphatic heterocycles. The molecular formula is C19H20O2. The molecule has 0 N–H and O–H groups in total. The van der Waals surface area contributed by atoms with E-state index in [0.29, 0.717) is 17.9 Å². The smallest absolute Gasteiger partial charge is 0.177 e. The van der Waals surface area contributed by atoms with Gasteiger partial charge in [0.1, 0.15) is 5.75 Å². The van der Waals surface area contributed by atoms with Crippen LogP contribution in [0.15, 0.2) is 54.6 Å². The lowest BCUT2D eigenvalue weighted by atomic mass is 9.87. The van der Waals surface area contributed by atoms with Crippen molar-refractivity contribution in [2.75, 3.05) is 6.61 Å². The summed E-state index contributed by atoms with van der Waals surface area (Å²) >= 11 is 0. The predicted octanol–water partition coefficient (Wildman–Crippen LogP) is 4.39. The van der Waals surface area contributed by atoms with Crippen LogP contribution in [0.1, 0.15) is 42.1 Å². The Balaban J connectivity index is 1.93. The summed E-state index contributed by atoms with van der Waals surface area (Å²) in [5.41, 5.74) is 1.51. The fraction of sp³-hybridized carbons (Fsp3) is 0.316. The summed E-state index contributed by atoms with van der Waals surface area (Å²) < 4.78 is 5.75. The molecule has 0 spiro atoms. The van der Waals surface area contributed by atoms with Gasteiger partial charge in [0.05, 0.1) is 17.6 Å². The van der Waals surface area contributed by atoms with Crippen LogP contribution in [0.3, 0.4) is 0 Å². The highest BCUT2D eigenvalue weighted by Gasteiger charge is 2.51. The molecular weight excluding hydrogens is 260 g/mol. The van der Waals surface area contributed by atoms with Gasteiger partial charge in [-0.25, -0.2) is 0 Å². The molecule has 0 bridgehead atoms. The molecule has 3 rings (SSSR count). The van der Waals surface area contributed by atoms with Crippen molar-refractivity contribution in [3.63, 3.8) is 0 Å². The summed E-state index contributed by atoms with van der Waals surface area (Å²) in [7, 11) is 0. The number of hydrogen-bond donors (Lipinski definition) is 0. The van der Waals surface area contributed by atoms with Crippen LogP contribution in [-0.2, 0) is 5.41 Å². The van der Waals surface area contributed by atoms with E-state index in [9.17, 15) is 4.79 Å². The zero-order chi connectivity index (χ0) is 14.7. The van der Waals surface area contributed by atoms with Crippen LogP contribution in [0.4, 0.5) is 0 Å². The van der Waals surface area contributed by atoms with Gasteiger partial charge in [-0.3, -0.25) is 4.79 Å². The van der Waals surface area contributed by atoms with Gasteiger partial charge in [-0.2, -0.15) is 0 Å². The van der Waals surface area contributed by atoms with Crippen molar-refractivity contribution in [3.05, 3.63) is 65.7 Å². The lowest BCUT2D eigenvalue weighted by Gasteiger charge is -2.17. The van der Waals surface area contributed by atoms with Crippen molar-refractivity contribution in [1.82, 2.24) is 0 Å². The number of para-hydroxylation sites is 1. The highest BCUT2D eigenvalue weighted by molar-refractivity contribution is 6.08. The summed E-state index contributed by atoms with van der Waals surface area (Å²) in [6.07, 6.45) is 2.79. The zero-order valence-corrected chi connectivity index (χ0v) is 12.3. The molecule has 0 amide bonds. The molecule has 0 atom stereocenters. The Bertz CT molecular complexity index is 627. The molecule has 0 saturated heterocycles. The Morgan fingerprint density at radius 1 is 1.05 bits per heavy atom. The van der Waals surface area contributed by atoms with Gasteiger partial charge in [-0.05, 0) is 37.0 Å². The van der Waals surface area contributed by atoms with Crippen molar-refractivity contribution >= 4 is 5.78 Å². The van der Waals surface area contributed by atoms with Gasteiger partial charge >= 0.3 is 0 Å². The molecule has 1 aliphatic carbocycles. The van der Waals surface area contributed by atoms with Crippen LogP contribution >= 0.6 is 0 Å². The molecule has 21 heavy (non-hydrogen) atoms. The van der Waals surface area contributed by atoms with Gasteiger partial charge in [0.2, 0.25) is 0 Å². The minimum atomic E-state index is -0.326. The van der Waals surface area contributed by atoms with Gasteiger partial charge < -0.3 is 4.74 Å². The second-order valence-corrected chi connectivity index (χ2v) is 5.62. The number of rotatable bonds is 6. The number of ketones is 1. The van der Waals surface area contributed by atoms with Crippen LogP contribution in [0.5, 0.6) is 5.75 Å². The average molecular weight is 280 g/mol. The van der Waals surface area contributed by atoms with Gasteiger partial charge in [0, 0.05) is 0 Å². The van der Waals surface area contributed by atoms with E-state index in [1.165, 1.54) is 0 Å². The largest absolute Gasteiger partial charge is 0.493 e. The first-order valence-electron chi connectivity index (χ1n) is 7.60. The first-order chi connectivity index (χ1) is 10.3. The third kappa shape index (κ3) is 2.58. The summed E-state index contributed by atoms with van der Waals surface area (Å²) in [4.78, 5) is 13.0. The van der Waals surface area contributed by atoms with Crippen molar-refractivity contribution in [2.24, 2.45) is 0 Å². The molecule has 2 nitrogen and oxygen atoms in total. The fourth-order valence-corrected chi connectivity index (χ4v) is 2.78. The number of hydrogen-bond acceptors (Lipinski definition) is 2. The van der Waals surface area contributed by atoms with E-state index in [1.54, 1.807) is 0 Å². The van der Waals surface area contributed by atoms with Gasteiger partial charge in [-0.1, -0.05) is 49.4 Å². The maximum atomic E-state index is 13.0. The van der Waals surface area contributed by atoms with E-state index in [4.69, 9.17) is 4.74 Å². The quantitative estimate of drug-likeness (QED) is 0.733. The lowest BCUT2D eigenvalue weighted by Crippen LogP contribution is -2.21. The number of ether oxygens (including phenoxy) is 1. The molecule has 108 valence electrons. The molecule has 2 heteroatoms. The molecule has 0 unspecified atom stereocenters. The SMILES string of the molecule is CCCOc1ccccc1C(=O)C1(c2ccccc2)CC1. The summed E-state index contributed by atoms with van der Waals surface area (Å²) in [6, 6.07) is 17.7. The van der Waals surface area contributed by atoms with Crippen molar-refractivity contribution in [1.29, 1.82) is 0 Å². The number of benzene rings is 2. The topological polar surface area (TPSA) is 26.3 Å². The second-order valence-electron chi connectivity index (χ2n) is 5.62. The first-order valence-corrected chi connectivity index (χ1v) is 7.60. The molecule has 2 aromatic rings. The van der Waals surface area contributed by atoms with Crippen molar-refractivity contribution in [2.45, 2.75) is 31.6 Å². The number of carbonyl (C=O) groups excluding carboxylic acids is 1. The van der Waals surface area contributed by atoms with Crippen LogP contribution in [0.25, 0.3) is 0 Å². The van der Waals surface area contributed by atoms with E-state index >= 15 is 0 Å². The van der Waals surface area contributed by atoms with E-state index in [2.05, 4.69) is 19.1 Å². The van der Waals surface area contributed by atoms with Gasteiger partial charge in [-0.15, -0.1) is 0 Å². The predicted molar refractivity (Wildman–Crippen MR) is 83.9 cm³/mol. The van der Waals surface area contributed by atoms with Crippen LogP contribution < -0.4 is 4.74 Å². The maximum absolute atomic E-state index is 13.0. The van der Waals surface area contributed by atoms with E-state index in [1.807, 2.05) is 42.5 Å². The zero-order valence-electron chi connectivity index (χ0n) is 12.3. The normalized spacial score (nSPS) is 15.5. The highest BCUT2D eigenvalue weighted by atomic mass is 16.5. The Morgan fingerprint density at radius 2 is 1.71 bits per heavy atom. The molecule has 0 heterocycles. The van der Waals surface area contributed by atoms with Crippen LogP contribution in [-0.4, -0.2) is 12.4 Å². The summed E-state index contributed by atoms with van der Waals surface area (Å²) in [5, 5.41) is 0. The Kier molecular flexibility index (Phi) is 3.78. The third-order valence-electron chi connectivity index (χ3n) is 4.10. The first kappa shape index (κ1) is 13.9. The summed E-state index contributed by atoms with van der Waals surface area (Å²) in [5.74, 6) is 0.909. The molecule has 1 saturated carbocycles. The van der Waals surface area contributed by atoms with E-state index in [0.717, 1.165) is 24.8 Å². The highest BCUT2D eigenvalue weighted by Crippen LogP contribution is 2.51. The molecule has 2 aromatic carbocycles.